The average molecular weight is 427 g/mol. The molecule has 134 valence electrons. The van der Waals surface area contributed by atoms with Crippen LogP contribution < -0.4 is 5.43 Å². The van der Waals surface area contributed by atoms with Crippen molar-refractivity contribution in [1.29, 1.82) is 0 Å². The summed E-state index contributed by atoms with van der Waals surface area (Å²) in [6, 6.07) is 7.77. The van der Waals surface area contributed by atoms with Crippen LogP contribution in [0.3, 0.4) is 0 Å². The topological polar surface area (TPSA) is 85.6 Å². The Hall–Kier alpha value is -1.71. The number of nitrogens with zero attached hydrogens (tertiary/aromatic N) is 3. The van der Waals surface area contributed by atoms with E-state index in [1.807, 2.05) is 44.4 Å². The second-order valence-electron chi connectivity index (χ2n) is 6.08. The van der Waals surface area contributed by atoms with Gasteiger partial charge in [0.25, 0.3) is 10.1 Å². The van der Waals surface area contributed by atoms with Crippen molar-refractivity contribution in [2.24, 2.45) is 18.1 Å². The number of halogens is 1. The summed E-state index contributed by atoms with van der Waals surface area (Å²) in [5, 5.41) is 8.95. The Bertz CT molecular complexity index is 906. The molecule has 7 nitrogen and oxygen atoms in total. The molecule has 2 aromatic rings. The van der Waals surface area contributed by atoms with Gasteiger partial charge in [-0.15, -0.1) is 0 Å². The van der Waals surface area contributed by atoms with Gasteiger partial charge in [-0.05, 0) is 17.7 Å². The van der Waals surface area contributed by atoms with E-state index in [9.17, 15) is 8.42 Å². The zero-order chi connectivity index (χ0) is 18.2. The van der Waals surface area contributed by atoms with E-state index >= 15 is 0 Å². The highest BCUT2D eigenvalue weighted by Gasteiger charge is 2.32. The van der Waals surface area contributed by atoms with Gasteiger partial charge < -0.3 is 5.43 Å². The molecule has 1 aromatic heterocycles. The zero-order valence-electron chi connectivity index (χ0n) is 14.1. The smallest absolute Gasteiger partial charge is 0.264 e. The summed E-state index contributed by atoms with van der Waals surface area (Å²) in [6.07, 6.45) is 2.99. The highest BCUT2D eigenvalue weighted by molar-refractivity contribution is 9.10. The number of rotatable bonds is 5. The molecule has 2 unspecified atom stereocenters. The first-order valence-electron chi connectivity index (χ1n) is 7.72. The van der Waals surface area contributed by atoms with Crippen LogP contribution in [-0.4, -0.2) is 42.8 Å². The Morgan fingerprint density at radius 3 is 2.64 bits per heavy atom. The van der Waals surface area contributed by atoms with E-state index in [0.29, 0.717) is 0 Å². The third-order valence-corrected chi connectivity index (χ3v) is 5.17. The molecule has 0 amide bonds. The van der Waals surface area contributed by atoms with Crippen molar-refractivity contribution in [2.45, 2.75) is 13.0 Å². The first kappa shape index (κ1) is 18.1. The van der Waals surface area contributed by atoms with Crippen LogP contribution in [0.25, 0.3) is 11.1 Å². The van der Waals surface area contributed by atoms with E-state index < -0.39 is 10.1 Å². The average Bonchev–Trinajstić information content (AvgIpc) is 3.08. The normalized spacial score (nSPS) is 20.4. The highest BCUT2D eigenvalue weighted by atomic mass is 79.9. The lowest BCUT2D eigenvalue weighted by atomic mass is 9.93. The SMILES string of the molecule is CC1C(c2nn(C)cc2-c2ccc(Br)cc2)=NNC1COS(C)(=O)=O. The summed E-state index contributed by atoms with van der Waals surface area (Å²) >= 11 is 3.44. The van der Waals surface area contributed by atoms with Crippen molar-refractivity contribution in [3.05, 3.63) is 40.6 Å². The number of hydrazone groups is 1. The van der Waals surface area contributed by atoms with Gasteiger partial charge in [0.15, 0.2) is 0 Å². The van der Waals surface area contributed by atoms with Gasteiger partial charge in [0.1, 0.15) is 5.69 Å². The van der Waals surface area contributed by atoms with E-state index in [1.54, 1.807) is 4.68 Å². The van der Waals surface area contributed by atoms with Crippen molar-refractivity contribution < 1.29 is 12.6 Å². The lowest BCUT2D eigenvalue weighted by Gasteiger charge is -2.15. The number of hydrogen-bond acceptors (Lipinski definition) is 6. The van der Waals surface area contributed by atoms with Crippen LogP contribution in [0.1, 0.15) is 12.6 Å². The van der Waals surface area contributed by atoms with Gasteiger partial charge in [-0.3, -0.25) is 8.86 Å². The minimum absolute atomic E-state index is 0.0352. The summed E-state index contributed by atoms with van der Waals surface area (Å²) in [6.45, 7) is 2.02. The Labute approximate surface area is 155 Å². The molecule has 0 saturated carbocycles. The molecule has 0 radical (unpaired) electrons. The third kappa shape index (κ3) is 4.10. The van der Waals surface area contributed by atoms with Crippen LogP contribution in [-0.2, 0) is 21.3 Å². The molecule has 0 fully saturated rings. The fourth-order valence-electron chi connectivity index (χ4n) is 2.72. The van der Waals surface area contributed by atoms with E-state index in [4.69, 9.17) is 4.18 Å². The lowest BCUT2D eigenvalue weighted by molar-refractivity contribution is 0.263. The number of aromatic nitrogens is 2. The second-order valence-corrected chi connectivity index (χ2v) is 8.64. The predicted molar refractivity (Wildman–Crippen MR) is 99.8 cm³/mol. The number of hydrogen-bond donors (Lipinski definition) is 1. The van der Waals surface area contributed by atoms with Crippen LogP contribution >= 0.6 is 15.9 Å². The summed E-state index contributed by atoms with van der Waals surface area (Å²) < 4.78 is 30.1. The minimum Gasteiger partial charge on any atom is -0.304 e. The van der Waals surface area contributed by atoms with Crippen LogP contribution in [0.4, 0.5) is 0 Å². The van der Waals surface area contributed by atoms with Crippen LogP contribution in [0.2, 0.25) is 0 Å². The molecule has 0 aliphatic carbocycles. The van der Waals surface area contributed by atoms with Crippen molar-refractivity contribution in [3.63, 3.8) is 0 Å². The van der Waals surface area contributed by atoms with Gasteiger partial charge in [-0.25, -0.2) is 0 Å². The number of nitrogens with one attached hydrogen (secondary N) is 1. The Balaban J connectivity index is 1.87. The molecular weight excluding hydrogens is 408 g/mol. The molecular formula is C16H19BrN4O3S. The molecule has 9 heteroatoms. The maximum Gasteiger partial charge on any atom is 0.264 e. The van der Waals surface area contributed by atoms with Crippen molar-refractivity contribution in [1.82, 2.24) is 15.2 Å². The van der Waals surface area contributed by atoms with Crippen molar-refractivity contribution in [2.75, 3.05) is 12.9 Å². The number of aryl methyl sites for hydroxylation is 1. The van der Waals surface area contributed by atoms with Crippen molar-refractivity contribution in [3.8, 4) is 11.1 Å². The van der Waals surface area contributed by atoms with Gasteiger partial charge in [-0.1, -0.05) is 35.0 Å². The molecule has 1 N–H and O–H groups in total. The van der Waals surface area contributed by atoms with Gasteiger partial charge in [-0.2, -0.15) is 18.6 Å². The van der Waals surface area contributed by atoms with Gasteiger partial charge in [0.2, 0.25) is 0 Å². The number of benzene rings is 1. The van der Waals surface area contributed by atoms with Crippen LogP contribution in [0.5, 0.6) is 0 Å². The van der Waals surface area contributed by atoms with E-state index in [2.05, 4.69) is 31.6 Å². The maximum atomic E-state index is 11.2. The molecule has 25 heavy (non-hydrogen) atoms. The van der Waals surface area contributed by atoms with Gasteiger partial charge in [0, 0.05) is 29.2 Å². The Morgan fingerprint density at radius 1 is 1.32 bits per heavy atom. The summed E-state index contributed by atoms with van der Waals surface area (Å²) in [5.41, 5.74) is 6.56. The Kier molecular flexibility index (Phi) is 4.99. The third-order valence-electron chi connectivity index (χ3n) is 4.07. The molecule has 0 bridgehead atoms. The Morgan fingerprint density at radius 2 is 2.00 bits per heavy atom. The van der Waals surface area contributed by atoms with E-state index in [1.165, 1.54) is 0 Å². The molecule has 2 heterocycles. The van der Waals surface area contributed by atoms with Gasteiger partial charge >= 0.3 is 0 Å². The molecule has 1 aromatic carbocycles. The summed E-state index contributed by atoms with van der Waals surface area (Å²) in [4.78, 5) is 0. The molecule has 3 rings (SSSR count). The zero-order valence-corrected chi connectivity index (χ0v) is 16.5. The predicted octanol–water partition coefficient (Wildman–Crippen LogP) is 2.14. The molecule has 1 aliphatic heterocycles. The largest absolute Gasteiger partial charge is 0.304 e. The summed E-state index contributed by atoms with van der Waals surface area (Å²) in [5.74, 6) is -0.0363. The lowest BCUT2D eigenvalue weighted by Crippen LogP contribution is -2.33. The maximum absolute atomic E-state index is 11.2. The van der Waals surface area contributed by atoms with Gasteiger partial charge in [0.05, 0.1) is 24.6 Å². The highest BCUT2D eigenvalue weighted by Crippen LogP contribution is 2.29. The quantitative estimate of drug-likeness (QED) is 0.740. The second kappa shape index (κ2) is 6.89. The molecule has 1 aliphatic rings. The fourth-order valence-corrected chi connectivity index (χ4v) is 3.38. The standard InChI is InChI=1S/C16H19BrN4O3S/c1-10-14(9-24-25(3,22)23)18-19-15(10)16-13(8-21(2)20-16)11-4-6-12(17)7-5-11/h4-8,10,14,18H,9H2,1-3H3. The first-order chi connectivity index (χ1) is 11.7. The molecule has 0 spiro atoms. The van der Waals surface area contributed by atoms with Crippen molar-refractivity contribution >= 4 is 31.8 Å². The van der Waals surface area contributed by atoms with E-state index in [0.717, 1.165) is 33.3 Å². The first-order valence-corrected chi connectivity index (χ1v) is 10.3. The fraction of sp³-hybridized carbons (Fsp3) is 0.375. The minimum atomic E-state index is -3.48. The van der Waals surface area contributed by atoms with E-state index in [-0.39, 0.29) is 18.6 Å². The molecule has 0 saturated heterocycles. The van der Waals surface area contributed by atoms with Crippen LogP contribution in [0.15, 0.2) is 40.0 Å². The monoisotopic (exact) mass is 426 g/mol. The van der Waals surface area contributed by atoms with Crippen LogP contribution in [0, 0.1) is 5.92 Å². The summed E-state index contributed by atoms with van der Waals surface area (Å²) in [7, 11) is -1.62. The molecule has 2 atom stereocenters.